The van der Waals surface area contributed by atoms with Gasteiger partial charge in [0, 0.05) is 31.9 Å². The zero-order valence-electron chi connectivity index (χ0n) is 17.4. The van der Waals surface area contributed by atoms with Crippen LogP contribution in [0, 0.1) is 0 Å². The molecule has 28 heavy (non-hydrogen) atoms. The number of hydrogen-bond acceptors (Lipinski definition) is 3. The Bertz CT molecular complexity index is 721. The van der Waals surface area contributed by atoms with E-state index in [0.29, 0.717) is 26.1 Å². The summed E-state index contributed by atoms with van der Waals surface area (Å²) in [6.45, 7) is 5.78. The van der Waals surface area contributed by atoms with Crippen LogP contribution in [-0.2, 0) is 29.7 Å². The van der Waals surface area contributed by atoms with Gasteiger partial charge in [-0.2, -0.15) is 0 Å². The van der Waals surface area contributed by atoms with Crippen molar-refractivity contribution < 1.29 is 14.0 Å². The van der Waals surface area contributed by atoms with Crippen molar-refractivity contribution >= 4 is 11.8 Å². The lowest BCUT2D eigenvalue weighted by atomic mass is 10.2. The van der Waals surface area contributed by atoms with Crippen LogP contribution in [0.4, 0.5) is 0 Å². The van der Waals surface area contributed by atoms with Crippen LogP contribution in [0.3, 0.4) is 0 Å². The largest absolute Gasteiger partial charge is 0.467 e. The first-order chi connectivity index (χ1) is 13.5. The molecule has 0 bridgehead atoms. The van der Waals surface area contributed by atoms with Crippen molar-refractivity contribution in [2.75, 3.05) is 13.1 Å². The van der Waals surface area contributed by atoms with Crippen LogP contribution in [0.1, 0.15) is 57.4 Å². The first-order valence-corrected chi connectivity index (χ1v) is 10.2. The van der Waals surface area contributed by atoms with Crippen LogP contribution in [-0.4, -0.2) is 39.3 Å². The minimum Gasteiger partial charge on any atom is -0.467 e. The van der Waals surface area contributed by atoms with Crippen molar-refractivity contribution in [2.24, 2.45) is 7.05 Å². The van der Waals surface area contributed by atoms with E-state index < -0.39 is 0 Å². The van der Waals surface area contributed by atoms with E-state index in [2.05, 4.69) is 13.8 Å². The second-order valence-electron chi connectivity index (χ2n) is 7.21. The number of hydrogen-bond donors (Lipinski definition) is 0. The standard InChI is InChI=1S/C22H33N3O3/c1-4-6-12-21(26)24(14-7-5-2)18-22(27)25(17-20-11-9-15-28-20)16-19-10-8-13-23(19)3/h8-11,13,15H,4-7,12,14,16-18H2,1-3H3. The van der Waals surface area contributed by atoms with Gasteiger partial charge in [0.1, 0.15) is 5.76 Å². The van der Waals surface area contributed by atoms with Gasteiger partial charge in [0.05, 0.1) is 25.9 Å². The molecule has 2 heterocycles. The Kier molecular flexibility index (Phi) is 8.85. The summed E-state index contributed by atoms with van der Waals surface area (Å²) in [5.41, 5.74) is 1.04. The molecule has 6 nitrogen and oxygen atoms in total. The molecule has 2 amide bonds. The Morgan fingerprint density at radius 2 is 1.79 bits per heavy atom. The van der Waals surface area contributed by atoms with Crippen LogP contribution in [0.15, 0.2) is 41.1 Å². The van der Waals surface area contributed by atoms with E-state index >= 15 is 0 Å². The molecular weight excluding hydrogens is 354 g/mol. The molecule has 0 radical (unpaired) electrons. The predicted molar refractivity (Wildman–Crippen MR) is 109 cm³/mol. The zero-order chi connectivity index (χ0) is 20.4. The van der Waals surface area contributed by atoms with Gasteiger partial charge in [-0.25, -0.2) is 0 Å². The summed E-state index contributed by atoms with van der Waals surface area (Å²) < 4.78 is 7.46. The maximum Gasteiger partial charge on any atom is 0.242 e. The molecule has 0 saturated carbocycles. The third kappa shape index (κ3) is 6.59. The van der Waals surface area contributed by atoms with Crippen molar-refractivity contribution in [3.63, 3.8) is 0 Å². The fourth-order valence-electron chi connectivity index (χ4n) is 3.07. The minimum atomic E-state index is -0.0569. The van der Waals surface area contributed by atoms with Gasteiger partial charge in [0.2, 0.25) is 11.8 Å². The Balaban J connectivity index is 2.11. The van der Waals surface area contributed by atoms with E-state index in [1.54, 1.807) is 16.1 Å². The summed E-state index contributed by atoms with van der Waals surface area (Å²) in [6, 6.07) is 7.66. The maximum atomic E-state index is 13.1. The summed E-state index contributed by atoms with van der Waals surface area (Å²) >= 11 is 0. The van der Waals surface area contributed by atoms with Gasteiger partial charge in [-0.3, -0.25) is 9.59 Å². The van der Waals surface area contributed by atoms with Gasteiger partial charge in [0.15, 0.2) is 0 Å². The highest BCUT2D eigenvalue weighted by Gasteiger charge is 2.22. The van der Waals surface area contributed by atoms with Crippen LogP contribution in [0.2, 0.25) is 0 Å². The molecule has 0 fully saturated rings. The molecule has 0 saturated heterocycles. The van der Waals surface area contributed by atoms with Crippen molar-refractivity contribution in [1.29, 1.82) is 0 Å². The Morgan fingerprint density at radius 3 is 2.39 bits per heavy atom. The van der Waals surface area contributed by atoms with Crippen LogP contribution >= 0.6 is 0 Å². The summed E-state index contributed by atoms with van der Waals surface area (Å²) in [7, 11) is 1.96. The predicted octanol–water partition coefficient (Wildman–Crippen LogP) is 3.97. The SMILES string of the molecule is CCCCC(=O)N(CCCC)CC(=O)N(Cc1ccco1)Cc1cccn1C. The van der Waals surface area contributed by atoms with Crippen molar-refractivity contribution in [2.45, 2.75) is 59.0 Å². The molecular formula is C22H33N3O3. The van der Waals surface area contributed by atoms with Crippen LogP contribution in [0.5, 0.6) is 0 Å². The van der Waals surface area contributed by atoms with Gasteiger partial charge in [-0.1, -0.05) is 26.7 Å². The highest BCUT2D eigenvalue weighted by molar-refractivity contribution is 5.84. The Hall–Kier alpha value is -2.50. The minimum absolute atomic E-state index is 0.0569. The van der Waals surface area contributed by atoms with E-state index in [-0.39, 0.29) is 18.4 Å². The highest BCUT2D eigenvalue weighted by Crippen LogP contribution is 2.13. The fourth-order valence-corrected chi connectivity index (χ4v) is 3.07. The highest BCUT2D eigenvalue weighted by atomic mass is 16.3. The summed E-state index contributed by atoms with van der Waals surface area (Å²) in [5.74, 6) is 0.749. The normalized spacial score (nSPS) is 10.8. The lowest BCUT2D eigenvalue weighted by molar-refractivity contribution is -0.141. The molecule has 0 unspecified atom stereocenters. The van der Waals surface area contributed by atoms with Crippen LogP contribution in [0.25, 0.3) is 0 Å². The quantitative estimate of drug-likeness (QED) is 0.554. The number of aromatic nitrogens is 1. The first kappa shape index (κ1) is 21.8. The molecule has 6 heteroatoms. The average molecular weight is 388 g/mol. The Morgan fingerprint density at radius 1 is 1.00 bits per heavy atom. The molecule has 0 atom stereocenters. The van der Waals surface area contributed by atoms with E-state index in [1.165, 1.54) is 0 Å². The molecule has 0 aromatic carbocycles. The second-order valence-corrected chi connectivity index (χ2v) is 7.21. The van der Waals surface area contributed by atoms with E-state index in [4.69, 9.17) is 4.42 Å². The average Bonchev–Trinajstić information content (AvgIpc) is 3.34. The fraction of sp³-hybridized carbons (Fsp3) is 0.545. The van der Waals surface area contributed by atoms with Gasteiger partial charge in [0.25, 0.3) is 0 Å². The molecule has 0 aliphatic rings. The van der Waals surface area contributed by atoms with E-state index in [0.717, 1.165) is 37.1 Å². The van der Waals surface area contributed by atoms with Crippen molar-refractivity contribution in [3.8, 4) is 0 Å². The summed E-state index contributed by atoms with van der Waals surface area (Å²) in [4.78, 5) is 29.2. The number of nitrogens with zero attached hydrogens (tertiary/aromatic N) is 3. The number of rotatable bonds is 12. The topological polar surface area (TPSA) is 58.7 Å². The summed E-state index contributed by atoms with van der Waals surface area (Å²) in [6.07, 6.45) is 7.80. The molecule has 0 aliphatic carbocycles. The molecule has 2 rings (SSSR count). The zero-order valence-corrected chi connectivity index (χ0v) is 17.4. The maximum absolute atomic E-state index is 13.1. The number of carbonyl (C=O) groups excluding carboxylic acids is 2. The molecule has 2 aromatic heterocycles. The second kappa shape index (κ2) is 11.4. The molecule has 2 aromatic rings. The third-order valence-electron chi connectivity index (χ3n) is 4.89. The first-order valence-electron chi connectivity index (χ1n) is 10.2. The van der Waals surface area contributed by atoms with Crippen molar-refractivity contribution in [3.05, 3.63) is 48.2 Å². The number of unbranched alkanes of at least 4 members (excludes halogenated alkanes) is 2. The molecule has 0 N–H and O–H groups in total. The molecule has 154 valence electrons. The Labute approximate surface area is 168 Å². The number of furan rings is 1. The molecule has 0 spiro atoms. The van der Waals surface area contributed by atoms with Gasteiger partial charge >= 0.3 is 0 Å². The smallest absolute Gasteiger partial charge is 0.242 e. The lowest BCUT2D eigenvalue weighted by Gasteiger charge is -2.27. The van der Waals surface area contributed by atoms with Gasteiger partial charge in [-0.15, -0.1) is 0 Å². The lowest BCUT2D eigenvalue weighted by Crippen LogP contribution is -2.43. The van der Waals surface area contributed by atoms with Crippen molar-refractivity contribution in [1.82, 2.24) is 14.4 Å². The van der Waals surface area contributed by atoms with Gasteiger partial charge < -0.3 is 18.8 Å². The molecule has 0 aliphatic heterocycles. The number of aryl methyl sites for hydroxylation is 1. The van der Waals surface area contributed by atoms with Crippen LogP contribution < -0.4 is 0 Å². The monoisotopic (exact) mass is 387 g/mol. The number of amides is 2. The summed E-state index contributed by atoms with van der Waals surface area (Å²) in [5, 5.41) is 0. The third-order valence-corrected chi connectivity index (χ3v) is 4.89. The number of carbonyl (C=O) groups is 2. The van der Waals surface area contributed by atoms with Gasteiger partial charge in [-0.05, 0) is 37.1 Å². The van der Waals surface area contributed by atoms with E-state index in [9.17, 15) is 9.59 Å². The van der Waals surface area contributed by atoms with E-state index in [1.807, 2.05) is 42.1 Å².